The van der Waals surface area contributed by atoms with Gasteiger partial charge in [0.2, 0.25) is 0 Å². The summed E-state index contributed by atoms with van der Waals surface area (Å²) in [4.78, 5) is 4.50. The van der Waals surface area contributed by atoms with Crippen LogP contribution in [0.15, 0.2) is 12.3 Å². The van der Waals surface area contributed by atoms with E-state index in [4.69, 9.17) is 5.73 Å². The summed E-state index contributed by atoms with van der Waals surface area (Å²) in [7, 11) is 0. The van der Waals surface area contributed by atoms with Gasteiger partial charge in [0, 0.05) is 17.9 Å². The molecule has 0 amide bonds. The molecule has 0 aliphatic heterocycles. The van der Waals surface area contributed by atoms with Gasteiger partial charge in [-0.05, 0) is 44.7 Å². The van der Waals surface area contributed by atoms with Gasteiger partial charge in [0.05, 0.1) is 11.4 Å². The molecule has 0 spiro atoms. The minimum Gasteiger partial charge on any atom is -0.324 e. The Morgan fingerprint density at radius 2 is 2.11 bits per heavy atom. The zero-order valence-corrected chi connectivity index (χ0v) is 10.7. The van der Waals surface area contributed by atoms with Crippen LogP contribution in [0.25, 0.3) is 5.95 Å². The van der Waals surface area contributed by atoms with Crippen LogP contribution in [0.5, 0.6) is 0 Å². The molecular formula is C13H17N5. The molecule has 2 N–H and O–H groups in total. The molecule has 0 saturated heterocycles. The van der Waals surface area contributed by atoms with Gasteiger partial charge in [-0.1, -0.05) is 0 Å². The first kappa shape index (κ1) is 11.3. The number of hydrogen-bond acceptors (Lipinski definition) is 4. The van der Waals surface area contributed by atoms with Crippen LogP contribution in [0.4, 0.5) is 0 Å². The van der Waals surface area contributed by atoms with E-state index in [-0.39, 0.29) is 6.04 Å². The lowest BCUT2D eigenvalue weighted by atomic mass is 9.94. The van der Waals surface area contributed by atoms with Crippen molar-refractivity contribution in [3.63, 3.8) is 0 Å². The van der Waals surface area contributed by atoms with E-state index in [0.717, 1.165) is 30.7 Å². The second-order valence-electron chi connectivity index (χ2n) is 4.87. The third-order valence-electron chi connectivity index (χ3n) is 3.65. The Hall–Kier alpha value is -1.75. The molecule has 5 nitrogen and oxygen atoms in total. The predicted molar refractivity (Wildman–Crippen MR) is 68.5 cm³/mol. The van der Waals surface area contributed by atoms with Crippen molar-refractivity contribution in [2.24, 2.45) is 5.73 Å². The molecule has 3 rings (SSSR count). The second kappa shape index (κ2) is 4.17. The van der Waals surface area contributed by atoms with Gasteiger partial charge < -0.3 is 5.73 Å². The van der Waals surface area contributed by atoms with E-state index in [1.54, 1.807) is 0 Å². The second-order valence-corrected chi connectivity index (χ2v) is 4.87. The standard InChI is InChI=1S/C13H17N5/c1-8-9(2)16-17-13(15-8)18-7-6-10-11(14)4-3-5-12(10)18/h6-7,11H,3-5,14H2,1-2H3. The summed E-state index contributed by atoms with van der Waals surface area (Å²) >= 11 is 0. The number of rotatable bonds is 1. The largest absolute Gasteiger partial charge is 0.324 e. The number of hydrogen-bond donors (Lipinski definition) is 1. The minimum atomic E-state index is 0.148. The number of fused-ring (bicyclic) bond motifs is 1. The van der Waals surface area contributed by atoms with Crippen LogP contribution < -0.4 is 5.73 Å². The van der Waals surface area contributed by atoms with Crippen molar-refractivity contribution < 1.29 is 0 Å². The van der Waals surface area contributed by atoms with Gasteiger partial charge in [-0.15, -0.1) is 5.10 Å². The molecule has 1 aliphatic rings. The van der Waals surface area contributed by atoms with Gasteiger partial charge >= 0.3 is 0 Å². The van der Waals surface area contributed by atoms with Crippen molar-refractivity contribution in [2.75, 3.05) is 0 Å². The van der Waals surface area contributed by atoms with Crippen molar-refractivity contribution in [1.29, 1.82) is 0 Å². The lowest BCUT2D eigenvalue weighted by Crippen LogP contribution is -2.18. The van der Waals surface area contributed by atoms with Crippen LogP contribution in [0.3, 0.4) is 0 Å². The molecule has 5 heteroatoms. The number of nitrogens with zero attached hydrogens (tertiary/aromatic N) is 4. The normalized spacial score (nSPS) is 18.7. The lowest BCUT2D eigenvalue weighted by molar-refractivity contribution is 0.557. The number of aryl methyl sites for hydroxylation is 2. The highest BCUT2D eigenvalue weighted by Crippen LogP contribution is 2.29. The van der Waals surface area contributed by atoms with E-state index >= 15 is 0 Å². The van der Waals surface area contributed by atoms with E-state index in [9.17, 15) is 0 Å². The van der Waals surface area contributed by atoms with Crippen molar-refractivity contribution in [1.82, 2.24) is 19.7 Å². The first-order chi connectivity index (χ1) is 8.66. The average molecular weight is 243 g/mol. The van der Waals surface area contributed by atoms with Crippen LogP contribution >= 0.6 is 0 Å². The highest BCUT2D eigenvalue weighted by Gasteiger charge is 2.21. The Morgan fingerprint density at radius 3 is 2.89 bits per heavy atom. The fourth-order valence-corrected chi connectivity index (χ4v) is 2.46. The zero-order chi connectivity index (χ0) is 12.7. The van der Waals surface area contributed by atoms with Crippen molar-refractivity contribution in [2.45, 2.75) is 39.2 Å². The summed E-state index contributed by atoms with van der Waals surface area (Å²) in [5, 5.41) is 8.31. The summed E-state index contributed by atoms with van der Waals surface area (Å²) in [5.41, 5.74) is 10.4. The molecule has 18 heavy (non-hydrogen) atoms. The SMILES string of the molecule is Cc1nnc(-n2ccc3c2CCCC3N)nc1C. The van der Waals surface area contributed by atoms with E-state index in [1.807, 2.05) is 24.6 Å². The molecule has 0 saturated carbocycles. The third-order valence-corrected chi connectivity index (χ3v) is 3.65. The summed E-state index contributed by atoms with van der Waals surface area (Å²) in [6, 6.07) is 2.23. The predicted octanol–water partition coefficient (Wildman–Crippen LogP) is 1.62. The topological polar surface area (TPSA) is 69.6 Å². The number of nitrogens with two attached hydrogens (primary N) is 1. The minimum absolute atomic E-state index is 0.148. The van der Waals surface area contributed by atoms with Gasteiger partial charge in [0.15, 0.2) is 0 Å². The summed E-state index contributed by atoms with van der Waals surface area (Å²) in [5.74, 6) is 0.647. The van der Waals surface area contributed by atoms with Gasteiger partial charge in [0.1, 0.15) is 0 Å². The van der Waals surface area contributed by atoms with E-state index in [1.165, 1.54) is 11.3 Å². The zero-order valence-electron chi connectivity index (χ0n) is 10.7. The molecule has 94 valence electrons. The van der Waals surface area contributed by atoms with Crippen molar-refractivity contribution in [3.05, 3.63) is 34.9 Å². The maximum atomic E-state index is 6.12. The van der Waals surface area contributed by atoms with Crippen molar-refractivity contribution >= 4 is 0 Å². The maximum absolute atomic E-state index is 6.12. The Labute approximate surface area is 106 Å². The average Bonchev–Trinajstić information content (AvgIpc) is 2.78. The first-order valence-corrected chi connectivity index (χ1v) is 6.31. The lowest BCUT2D eigenvalue weighted by Gasteiger charge is -2.20. The molecule has 0 fully saturated rings. The number of aromatic nitrogens is 4. The molecule has 2 heterocycles. The monoisotopic (exact) mass is 243 g/mol. The first-order valence-electron chi connectivity index (χ1n) is 6.31. The van der Waals surface area contributed by atoms with E-state index in [2.05, 4.69) is 21.2 Å². The fourth-order valence-electron chi connectivity index (χ4n) is 2.46. The Balaban J connectivity index is 2.09. The molecule has 1 unspecified atom stereocenters. The van der Waals surface area contributed by atoms with Gasteiger partial charge in [-0.2, -0.15) is 5.10 Å². The molecular weight excluding hydrogens is 226 g/mol. The molecule has 2 aromatic heterocycles. The molecule has 1 aliphatic carbocycles. The van der Waals surface area contributed by atoms with Crippen LogP contribution in [-0.2, 0) is 6.42 Å². The fraction of sp³-hybridized carbons (Fsp3) is 0.462. The van der Waals surface area contributed by atoms with Crippen LogP contribution in [0.1, 0.15) is 41.5 Å². The highest BCUT2D eigenvalue weighted by atomic mass is 15.3. The van der Waals surface area contributed by atoms with Crippen molar-refractivity contribution in [3.8, 4) is 5.95 Å². The summed E-state index contributed by atoms with van der Waals surface area (Å²) in [6.45, 7) is 3.87. The van der Waals surface area contributed by atoms with E-state index in [0.29, 0.717) is 5.95 Å². The van der Waals surface area contributed by atoms with Gasteiger partial charge in [-0.3, -0.25) is 4.57 Å². The molecule has 1 atom stereocenters. The smallest absolute Gasteiger partial charge is 0.253 e. The van der Waals surface area contributed by atoms with Crippen LogP contribution in [0.2, 0.25) is 0 Å². The quantitative estimate of drug-likeness (QED) is 0.826. The summed E-state index contributed by atoms with van der Waals surface area (Å²) < 4.78 is 2.02. The highest BCUT2D eigenvalue weighted by molar-refractivity contribution is 5.33. The molecule has 0 radical (unpaired) electrons. The van der Waals surface area contributed by atoms with E-state index < -0.39 is 0 Å². The molecule has 0 bridgehead atoms. The third kappa shape index (κ3) is 1.71. The maximum Gasteiger partial charge on any atom is 0.253 e. The Morgan fingerprint density at radius 1 is 1.28 bits per heavy atom. The molecule has 2 aromatic rings. The van der Waals surface area contributed by atoms with Gasteiger partial charge in [-0.25, -0.2) is 4.98 Å². The Kier molecular flexibility index (Phi) is 2.63. The molecule has 0 aromatic carbocycles. The van der Waals surface area contributed by atoms with Crippen LogP contribution in [0, 0.1) is 13.8 Å². The summed E-state index contributed by atoms with van der Waals surface area (Å²) in [6.07, 6.45) is 5.22. The Bertz CT molecular complexity index is 587. The van der Waals surface area contributed by atoms with Crippen LogP contribution in [-0.4, -0.2) is 19.7 Å². The van der Waals surface area contributed by atoms with Gasteiger partial charge in [0.25, 0.3) is 5.95 Å².